The van der Waals surface area contributed by atoms with Gasteiger partial charge < -0.3 is 10.6 Å². The van der Waals surface area contributed by atoms with Crippen LogP contribution in [0.5, 0.6) is 0 Å². The van der Waals surface area contributed by atoms with Gasteiger partial charge >= 0.3 is 0 Å². The predicted octanol–water partition coefficient (Wildman–Crippen LogP) is 3.28. The van der Waals surface area contributed by atoms with Crippen LogP contribution in [0.1, 0.15) is 43.7 Å². The number of thiazole rings is 1. The molecular formula is C16H29N3S. The minimum absolute atomic E-state index is 0.384. The van der Waals surface area contributed by atoms with Gasteiger partial charge in [-0.3, -0.25) is 0 Å². The zero-order valence-corrected chi connectivity index (χ0v) is 14.1. The molecule has 1 heterocycles. The summed E-state index contributed by atoms with van der Waals surface area (Å²) in [5.74, 6) is 2.30. The Kier molecular flexibility index (Phi) is 5.58. The third-order valence-corrected chi connectivity index (χ3v) is 5.75. The van der Waals surface area contributed by atoms with E-state index in [0.29, 0.717) is 12.0 Å². The average molecular weight is 295 g/mol. The number of rotatable bonds is 5. The maximum Gasteiger partial charge on any atom is 0.0798 e. The molecule has 114 valence electrons. The van der Waals surface area contributed by atoms with E-state index in [2.05, 4.69) is 37.7 Å². The molecule has 1 saturated carbocycles. The lowest BCUT2D eigenvalue weighted by Crippen LogP contribution is -2.42. The Bertz CT molecular complexity index is 416. The van der Waals surface area contributed by atoms with E-state index >= 15 is 0 Å². The molecule has 0 radical (unpaired) electrons. The molecule has 1 aromatic rings. The van der Waals surface area contributed by atoms with Gasteiger partial charge in [0.05, 0.1) is 11.2 Å². The summed E-state index contributed by atoms with van der Waals surface area (Å²) in [5.41, 5.74) is 9.48. The first-order valence-electron chi connectivity index (χ1n) is 7.80. The molecule has 2 N–H and O–H groups in total. The highest BCUT2D eigenvalue weighted by atomic mass is 32.1. The van der Waals surface area contributed by atoms with E-state index in [1.165, 1.54) is 29.8 Å². The molecule has 4 heteroatoms. The number of aromatic nitrogens is 1. The fraction of sp³-hybridized carbons (Fsp3) is 0.812. The molecule has 20 heavy (non-hydrogen) atoms. The first-order chi connectivity index (χ1) is 9.47. The lowest BCUT2D eigenvalue weighted by atomic mass is 9.74. The second kappa shape index (κ2) is 7.01. The maximum absolute atomic E-state index is 6.36. The van der Waals surface area contributed by atoms with E-state index in [0.717, 1.165) is 24.9 Å². The minimum Gasteiger partial charge on any atom is -0.327 e. The number of nitrogens with two attached hydrogens (primary N) is 1. The summed E-state index contributed by atoms with van der Waals surface area (Å²) in [4.78, 5) is 8.14. The Hall–Kier alpha value is -0.450. The fourth-order valence-corrected chi connectivity index (χ4v) is 4.18. The van der Waals surface area contributed by atoms with Crippen LogP contribution >= 0.6 is 11.3 Å². The van der Waals surface area contributed by atoms with Crippen molar-refractivity contribution >= 4 is 11.3 Å². The predicted molar refractivity (Wildman–Crippen MR) is 86.8 cm³/mol. The van der Waals surface area contributed by atoms with Gasteiger partial charge in [-0.15, -0.1) is 11.3 Å². The first kappa shape index (κ1) is 15.9. The average Bonchev–Trinajstić information content (AvgIpc) is 2.77. The van der Waals surface area contributed by atoms with Crippen LogP contribution in [0.3, 0.4) is 0 Å². The van der Waals surface area contributed by atoms with Crippen LogP contribution in [0.4, 0.5) is 0 Å². The van der Waals surface area contributed by atoms with Gasteiger partial charge in [0.2, 0.25) is 0 Å². The van der Waals surface area contributed by atoms with Crippen molar-refractivity contribution in [3.63, 3.8) is 0 Å². The van der Waals surface area contributed by atoms with Crippen molar-refractivity contribution in [2.75, 3.05) is 13.6 Å². The zero-order chi connectivity index (χ0) is 14.7. The first-order valence-corrected chi connectivity index (χ1v) is 8.68. The van der Waals surface area contributed by atoms with Crippen molar-refractivity contribution in [2.45, 2.75) is 52.6 Å². The minimum atomic E-state index is 0.384. The Morgan fingerprint density at radius 2 is 2.20 bits per heavy atom. The Morgan fingerprint density at radius 3 is 2.80 bits per heavy atom. The topological polar surface area (TPSA) is 42.2 Å². The molecular weight excluding hydrogens is 266 g/mol. The molecule has 0 aliphatic heterocycles. The normalized spacial score (nSPS) is 27.4. The molecule has 3 unspecified atom stereocenters. The standard InChI is InChI=1S/C16H29N3S/c1-11(2)13-5-6-15(17)14(7-13)8-19(4)9-16-12(3)18-10-20-16/h10-11,13-15H,5-9,17H2,1-4H3. The highest BCUT2D eigenvalue weighted by molar-refractivity contribution is 7.09. The van der Waals surface area contributed by atoms with Crippen molar-refractivity contribution in [2.24, 2.45) is 23.5 Å². The van der Waals surface area contributed by atoms with Crippen LogP contribution in [-0.4, -0.2) is 29.5 Å². The third kappa shape index (κ3) is 4.03. The number of aryl methyl sites for hydroxylation is 1. The molecule has 1 fully saturated rings. The second-order valence-electron chi connectivity index (χ2n) is 6.80. The Labute approximate surface area is 127 Å². The molecule has 2 rings (SSSR count). The number of nitrogens with zero attached hydrogens (tertiary/aromatic N) is 2. The highest BCUT2D eigenvalue weighted by Crippen LogP contribution is 2.33. The van der Waals surface area contributed by atoms with Gasteiger partial charge in [0.25, 0.3) is 0 Å². The van der Waals surface area contributed by atoms with Gasteiger partial charge in [0, 0.05) is 24.0 Å². The molecule has 0 spiro atoms. The summed E-state index contributed by atoms with van der Waals surface area (Å²) in [6.45, 7) is 8.92. The van der Waals surface area contributed by atoms with Gasteiger partial charge in [0.15, 0.2) is 0 Å². The summed E-state index contributed by atoms with van der Waals surface area (Å²) < 4.78 is 0. The zero-order valence-electron chi connectivity index (χ0n) is 13.3. The van der Waals surface area contributed by atoms with Gasteiger partial charge in [-0.2, -0.15) is 0 Å². The molecule has 3 nitrogen and oxygen atoms in total. The van der Waals surface area contributed by atoms with Gasteiger partial charge in [-0.1, -0.05) is 13.8 Å². The van der Waals surface area contributed by atoms with Crippen molar-refractivity contribution in [3.05, 3.63) is 16.1 Å². The molecule has 0 bridgehead atoms. The summed E-state index contributed by atoms with van der Waals surface area (Å²) in [6, 6.07) is 0.384. The quantitative estimate of drug-likeness (QED) is 0.906. The number of hydrogen-bond donors (Lipinski definition) is 1. The smallest absolute Gasteiger partial charge is 0.0798 e. The summed E-state index contributed by atoms with van der Waals surface area (Å²) in [7, 11) is 2.21. The van der Waals surface area contributed by atoms with E-state index in [4.69, 9.17) is 5.73 Å². The molecule has 1 aromatic heterocycles. The van der Waals surface area contributed by atoms with Crippen LogP contribution in [-0.2, 0) is 6.54 Å². The second-order valence-corrected chi connectivity index (χ2v) is 7.74. The lowest BCUT2D eigenvalue weighted by Gasteiger charge is -2.38. The van der Waals surface area contributed by atoms with Crippen LogP contribution in [0.25, 0.3) is 0 Å². The summed E-state index contributed by atoms with van der Waals surface area (Å²) in [5, 5.41) is 0. The maximum atomic E-state index is 6.36. The van der Waals surface area contributed by atoms with E-state index < -0.39 is 0 Å². The van der Waals surface area contributed by atoms with Crippen molar-refractivity contribution in [1.29, 1.82) is 0 Å². The van der Waals surface area contributed by atoms with Crippen molar-refractivity contribution < 1.29 is 0 Å². The van der Waals surface area contributed by atoms with Crippen molar-refractivity contribution in [3.8, 4) is 0 Å². The molecule has 1 aliphatic carbocycles. The molecule has 3 atom stereocenters. The highest BCUT2D eigenvalue weighted by Gasteiger charge is 2.30. The molecule has 0 amide bonds. The lowest BCUT2D eigenvalue weighted by molar-refractivity contribution is 0.147. The summed E-state index contributed by atoms with van der Waals surface area (Å²) >= 11 is 1.76. The molecule has 0 saturated heterocycles. The fourth-order valence-electron chi connectivity index (χ4n) is 3.33. The van der Waals surface area contributed by atoms with Gasteiger partial charge in [0.1, 0.15) is 0 Å². The van der Waals surface area contributed by atoms with Crippen LogP contribution in [0.2, 0.25) is 0 Å². The SMILES string of the molecule is Cc1ncsc1CN(C)CC1CC(C(C)C)CCC1N. The van der Waals surface area contributed by atoms with Crippen LogP contribution < -0.4 is 5.73 Å². The molecule has 0 aromatic carbocycles. The van der Waals surface area contributed by atoms with E-state index in [1.807, 2.05) is 5.51 Å². The Morgan fingerprint density at radius 1 is 1.45 bits per heavy atom. The van der Waals surface area contributed by atoms with Crippen molar-refractivity contribution in [1.82, 2.24) is 9.88 Å². The monoisotopic (exact) mass is 295 g/mol. The van der Waals surface area contributed by atoms with E-state index in [1.54, 1.807) is 11.3 Å². The van der Waals surface area contributed by atoms with E-state index in [9.17, 15) is 0 Å². The largest absolute Gasteiger partial charge is 0.327 e. The van der Waals surface area contributed by atoms with Gasteiger partial charge in [-0.25, -0.2) is 4.98 Å². The van der Waals surface area contributed by atoms with Crippen LogP contribution in [0, 0.1) is 24.7 Å². The number of hydrogen-bond acceptors (Lipinski definition) is 4. The molecule has 1 aliphatic rings. The Balaban J connectivity index is 1.89. The van der Waals surface area contributed by atoms with Crippen LogP contribution in [0.15, 0.2) is 5.51 Å². The van der Waals surface area contributed by atoms with Gasteiger partial charge in [-0.05, 0) is 51.0 Å². The van der Waals surface area contributed by atoms with E-state index in [-0.39, 0.29) is 0 Å². The summed E-state index contributed by atoms with van der Waals surface area (Å²) in [6.07, 6.45) is 3.80. The third-order valence-electron chi connectivity index (χ3n) is 4.83.